The van der Waals surface area contributed by atoms with Crippen molar-refractivity contribution in [3.05, 3.63) is 17.3 Å². The van der Waals surface area contributed by atoms with Crippen molar-refractivity contribution >= 4 is 11.9 Å². The molecule has 0 spiro atoms. The van der Waals surface area contributed by atoms with E-state index >= 15 is 0 Å². The number of hydrogen-bond acceptors (Lipinski definition) is 4. The highest BCUT2D eigenvalue weighted by molar-refractivity contribution is 5.90. The summed E-state index contributed by atoms with van der Waals surface area (Å²) in [5.74, 6) is 1.78. The molecule has 2 aliphatic heterocycles. The third kappa shape index (κ3) is 2.23. The van der Waals surface area contributed by atoms with Gasteiger partial charge in [-0.2, -0.15) is 0 Å². The summed E-state index contributed by atoms with van der Waals surface area (Å²) in [7, 11) is 0. The summed E-state index contributed by atoms with van der Waals surface area (Å²) in [6, 6.07) is -0.759. The van der Waals surface area contributed by atoms with E-state index in [9.17, 15) is 9.59 Å². The molecular weight excluding hydrogens is 260 g/mol. The number of nitrogens with zero attached hydrogens (tertiary/aromatic N) is 2. The van der Waals surface area contributed by atoms with E-state index in [1.54, 1.807) is 4.90 Å². The van der Waals surface area contributed by atoms with Crippen LogP contribution in [0.2, 0.25) is 0 Å². The van der Waals surface area contributed by atoms with Gasteiger partial charge >= 0.3 is 6.03 Å². The third-order valence-corrected chi connectivity index (χ3v) is 3.62. The average Bonchev–Trinajstić information content (AvgIpc) is 3.02. The Morgan fingerprint density at radius 2 is 2.30 bits per heavy atom. The molecule has 1 atom stereocenters. The predicted octanol–water partition coefficient (Wildman–Crippen LogP) is 0.364. The Balaban J connectivity index is 1.71. The number of aromatic nitrogens is 1. The molecule has 20 heavy (non-hydrogen) atoms. The summed E-state index contributed by atoms with van der Waals surface area (Å²) in [5.41, 5.74) is 0.839. The highest BCUT2D eigenvalue weighted by atomic mass is 16.4. The van der Waals surface area contributed by atoms with Crippen molar-refractivity contribution in [1.82, 2.24) is 20.5 Å². The summed E-state index contributed by atoms with van der Waals surface area (Å²) in [6.45, 7) is 5.46. The molecule has 1 aromatic heterocycles. The second-order valence-electron chi connectivity index (χ2n) is 5.49. The lowest BCUT2D eigenvalue weighted by molar-refractivity contribution is -0.133. The van der Waals surface area contributed by atoms with E-state index < -0.39 is 6.04 Å². The van der Waals surface area contributed by atoms with Crippen molar-refractivity contribution in [3.63, 3.8) is 0 Å². The normalized spacial score (nSPS) is 21.6. The summed E-state index contributed by atoms with van der Waals surface area (Å²) in [5, 5.41) is 5.21. The fourth-order valence-electron chi connectivity index (χ4n) is 2.48. The summed E-state index contributed by atoms with van der Waals surface area (Å²) in [6.07, 6.45) is 0.675. The molecule has 0 saturated carbocycles. The van der Waals surface area contributed by atoms with E-state index in [0.29, 0.717) is 26.1 Å². The van der Waals surface area contributed by atoms with Gasteiger partial charge < -0.3 is 20.0 Å². The Hall–Kier alpha value is -2.05. The van der Waals surface area contributed by atoms with E-state index in [2.05, 4.69) is 15.6 Å². The Morgan fingerprint density at radius 1 is 1.50 bits per heavy atom. The van der Waals surface area contributed by atoms with Crippen LogP contribution in [0.25, 0.3) is 0 Å². The van der Waals surface area contributed by atoms with Crippen LogP contribution in [0.1, 0.15) is 37.1 Å². The monoisotopic (exact) mass is 278 g/mol. The molecule has 0 aliphatic carbocycles. The number of hydrogen-bond donors (Lipinski definition) is 2. The minimum Gasteiger partial charge on any atom is -0.445 e. The quantitative estimate of drug-likeness (QED) is 0.818. The lowest BCUT2D eigenvalue weighted by Crippen LogP contribution is -2.47. The number of rotatable bonds is 2. The van der Waals surface area contributed by atoms with Gasteiger partial charge in [-0.05, 0) is 0 Å². The van der Waals surface area contributed by atoms with Crippen molar-refractivity contribution in [1.29, 1.82) is 0 Å². The largest absolute Gasteiger partial charge is 0.445 e. The van der Waals surface area contributed by atoms with Crippen LogP contribution in [-0.4, -0.2) is 41.0 Å². The summed E-state index contributed by atoms with van der Waals surface area (Å²) < 4.78 is 5.71. The molecule has 7 heteroatoms. The summed E-state index contributed by atoms with van der Waals surface area (Å²) >= 11 is 0. The minimum atomic E-state index is -0.472. The van der Waals surface area contributed by atoms with Crippen LogP contribution >= 0.6 is 0 Å². The molecule has 0 radical (unpaired) electrons. The zero-order valence-electron chi connectivity index (χ0n) is 11.6. The van der Waals surface area contributed by atoms with Crippen LogP contribution in [0, 0.1) is 0 Å². The first-order valence-corrected chi connectivity index (χ1v) is 6.86. The summed E-state index contributed by atoms with van der Waals surface area (Å²) in [4.78, 5) is 29.6. The standard InChI is InChI=1S/C13H18N4O3/c1-7(2)11-15-9-6-17(4-3-10(9)20-11)12(18)8-5-14-13(19)16-8/h7-8H,3-6H2,1-2H3,(H2,14,16,19). The molecule has 2 aliphatic rings. The molecule has 1 fully saturated rings. The first-order valence-electron chi connectivity index (χ1n) is 6.86. The molecular formula is C13H18N4O3. The first-order chi connectivity index (χ1) is 9.54. The lowest BCUT2D eigenvalue weighted by atomic mass is 10.1. The fourth-order valence-corrected chi connectivity index (χ4v) is 2.48. The molecule has 0 aromatic carbocycles. The third-order valence-electron chi connectivity index (χ3n) is 3.62. The fraction of sp³-hybridized carbons (Fsp3) is 0.615. The topological polar surface area (TPSA) is 87.5 Å². The number of oxazole rings is 1. The van der Waals surface area contributed by atoms with E-state index in [-0.39, 0.29) is 17.9 Å². The van der Waals surface area contributed by atoms with Crippen molar-refractivity contribution in [2.75, 3.05) is 13.1 Å². The first kappa shape index (κ1) is 13.0. The van der Waals surface area contributed by atoms with Gasteiger partial charge in [0.15, 0.2) is 5.89 Å². The number of carbonyl (C=O) groups is 2. The van der Waals surface area contributed by atoms with Gasteiger partial charge in [-0.25, -0.2) is 9.78 Å². The molecule has 108 valence electrons. The van der Waals surface area contributed by atoms with Gasteiger partial charge in [-0.3, -0.25) is 4.79 Å². The van der Waals surface area contributed by atoms with Crippen LogP contribution in [0.3, 0.4) is 0 Å². The molecule has 3 heterocycles. The van der Waals surface area contributed by atoms with E-state index in [0.717, 1.165) is 17.3 Å². The van der Waals surface area contributed by atoms with Crippen molar-refractivity contribution < 1.29 is 14.0 Å². The molecule has 7 nitrogen and oxygen atoms in total. The average molecular weight is 278 g/mol. The van der Waals surface area contributed by atoms with Gasteiger partial charge in [0.25, 0.3) is 0 Å². The molecule has 0 bridgehead atoms. The molecule has 1 saturated heterocycles. The maximum absolute atomic E-state index is 12.3. The van der Waals surface area contributed by atoms with Gasteiger partial charge in [-0.15, -0.1) is 0 Å². The zero-order chi connectivity index (χ0) is 14.3. The molecule has 1 aromatic rings. The number of urea groups is 1. The van der Waals surface area contributed by atoms with Crippen LogP contribution < -0.4 is 10.6 Å². The number of carbonyl (C=O) groups excluding carboxylic acids is 2. The molecule has 1 unspecified atom stereocenters. The Kier molecular flexibility index (Phi) is 3.11. The predicted molar refractivity (Wildman–Crippen MR) is 70.0 cm³/mol. The Labute approximate surface area is 116 Å². The number of nitrogens with one attached hydrogen (secondary N) is 2. The lowest BCUT2D eigenvalue weighted by Gasteiger charge is -2.27. The molecule has 3 amide bonds. The van der Waals surface area contributed by atoms with Gasteiger partial charge in [0.1, 0.15) is 17.5 Å². The van der Waals surface area contributed by atoms with Gasteiger partial charge in [-0.1, -0.05) is 13.8 Å². The SMILES string of the molecule is CC(C)c1nc2c(o1)CCN(C(=O)C1CNC(=O)N1)C2. The highest BCUT2D eigenvalue weighted by Crippen LogP contribution is 2.24. The van der Waals surface area contributed by atoms with E-state index in [1.807, 2.05) is 13.8 Å². The maximum atomic E-state index is 12.3. The van der Waals surface area contributed by atoms with Crippen LogP contribution in [0.5, 0.6) is 0 Å². The second kappa shape index (κ2) is 4.81. The number of fused-ring (bicyclic) bond motifs is 1. The molecule has 3 rings (SSSR count). The maximum Gasteiger partial charge on any atom is 0.315 e. The zero-order valence-corrected chi connectivity index (χ0v) is 11.6. The van der Waals surface area contributed by atoms with Gasteiger partial charge in [0.2, 0.25) is 5.91 Å². The van der Waals surface area contributed by atoms with E-state index in [4.69, 9.17) is 4.42 Å². The number of amides is 3. The molecule has 2 N–H and O–H groups in total. The van der Waals surface area contributed by atoms with Crippen LogP contribution in [0.15, 0.2) is 4.42 Å². The van der Waals surface area contributed by atoms with Gasteiger partial charge in [0.05, 0.1) is 6.54 Å². The van der Waals surface area contributed by atoms with Gasteiger partial charge in [0, 0.05) is 25.4 Å². The smallest absolute Gasteiger partial charge is 0.315 e. The second-order valence-corrected chi connectivity index (χ2v) is 5.49. The highest BCUT2D eigenvalue weighted by Gasteiger charge is 2.33. The van der Waals surface area contributed by atoms with Crippen LogP contribution in [-0.2, 0) is 17.8 Å². The van der Waals surface area contributed by atoms with Crippen LogP contribution in [0.4, 0.5) is 4.79 Å². The Morgan fingerprint density at radius 3 is 2.95 bits per heavy atom. The van der Waals surface area contributed by atoms with Crippen molar-refractivity contribution in [3.8, 4) is 0 Å². The van der Waals surface area contributed by atoms with E-state index in [1.165, 1.54) is 0 Å². The minimum absolute atomic E-state index is 0.0666. The van der Waals surface area contributed by atoms with Crippen molar-refractivity contribution in [2.45, 2.75) is 38.8 Å². The Bertz CT molecular complexity index is 552. The van der Waals surface area contributed by atoms with Crippen molar-refractivity contribution in [2.24, 2.45) is 0 Å².